The second-order valence-electron chi connectivity index (χ2n) is 7.51. The number of aromatic amines is 1. The molecule has 0 saturated carbocycles. The summed E-state index contributed by atoms with van der Waals surface area (Å²) in [5.74, 6) is -0.0637. The van der Waals surface area contributed by atoms with Crippen LogP contribution in [0.3, 0.4) is 0 Å². The van der Waals surface area contributed by atoms with E-state index in [1.807, 2.05) is 68.1 Å². The SMILES string of the molecule is CN(C)CC(NC(=O)c1sccc1Cc1ccnc2[nH]ccc12)c1cccc(Cl)c1. The highest BCUT2D eigenvalue weighted by Crippen LogP contribution is 2.25. The Hall–Kier alpha value is -2.67. The van der Waals surface area contributed by atoms with E-state index in [2.05, 4.69) is 20.2 Å². The quantitative estimate of drug-likeness (QED) is 0.431. The summed E-state index contributed by atoms with van der Waals surface area (Å²) >= 11 is 7.65. The molecular formula is C23H23ClN4OS. The molecule has 7 heteroatoms. The average Bonchev–Trinajstić information content (AvgIpc) is 3.37. The van der Waals surface area contributed by atoms with Crippen molar-refractivity contribution in [3.05, 3.63) is 86.8 Å². The number of nitrogens with one attached hydrogen (secondary N) is 2. The highest BCUT2D eigenvalue weighted by molar-refractivity contribution is 7.12. The van der Waals surface area contributed by atoms with Crippen LogP contribution in [0.4, 0.5) is 0 Å². The minimum atomic E-state index is -0.154. The highest BCUT2D eigenvalue weighted by atomic mass is 35.5. The smallest absolute Gasteiger partial charge is 0.262 e. The van der Waals surface area contributed by atoms with Crippen LogP contribution in [0.1, 0.15) is 32.4 Å². The maximum atomic E-state index is 13.2. The Bertz CT molecular complexity index is 1170. The molecule has 0 bridgehead atoms. The van der Waals surface area contributed by atoms with Crippen molar-refractivity contribution in [2.24, 2.45) is 0 Å². The van der Waals surface area contributed by atoms with Gasteiger partial charge in [0.1, 0.15) is 5.65 Å². The van der Waals surface area contributed by atoms with E-state index in [1.54, 1.807) is 6.20 Å². The first-order valence-corrected chi connectivity index (χ1v) is 11.0. The van der Waals surface area contributed by atoms with Crippen LogP contribution in [0, 0.1) is 0 Å². The van der Waals surface area contributed by atoms with Gasteiger partial charge in [-0.3, -0.25) is 4.79 Å². The van der Waals surface area contributed by atoms with Crippen molar-refractivity contribution in [1.29, 1.82) is 0 Å². The Labute approximate surface area is 184 Å². The van der Waals surface area contributed by atoms with Gasteiger partial charge in [0.05, 0.1) is 10.9 Å². The molecule has 1 unspecified atom stereocenters. The van der Waals surface area contributed by atoms with Crippen LogP contribution >= 0.6 is 22.9 Å². The first-order valence-electron chi connectivity index (χ1n) is 9.69. The lowest BCUT2D eigenvalue weighted by molar-refractivity contribution is 0.0933. The number of hydrogen-bond donors (Lipinski definition) is 2. The van der Waals surface area contributed by atoms with Gasteiger partial charge in [-0.05, 0) is 72.9 Å². The third kappa shape index (κ3) is 4.56. The fraction of sp³-hybridized carbons (Fsp3) is 0.217. The monoisotopic (exact) mass is 438 g/mol. The van der Waals surface area contributed by atoms with Crippen molar-refractivity contribution in [2.75, 3.05) is 20.6 Å². The second-order valence-corrected chi connectivity index (χ2v) is 8.86. The van der Waals surface area contributed by atoms with E-state index >= 15 is 0 Å². The van der Waals surface area contributed by atoms with Gasteiger partial charge >= 0.3 is 0 Å². The highest BCUT2D eigenvalue weighted by Gasteiger charge is 2.20. The van der Waals surface area contributed by atoms with Crippen molar-refractivity contribution >= 4 is 39.9 Å². The topological polar surface area (TPSA) is 61.0 Å². The fourth-order valence-electron chi connectivity index (χ4n) is 3.60. The Morgan fingerprint density at radius 2 is 2.10 bits per heavy atom. The molecule has 0 radical (unpaired) electrons. The molecule has 1 atom stereocenters. The van der Waals surface area contributed by atoms with E-state index < -0.39 is 0 Å². The Balaban J connectivity index is 1.57. The molecule has 1 aromatic carbocycles. The summed E-state index contributed by atoms with van der Waals surface area (Å²) in [4.78, 5) is 23.5. The summed E-state index contributed by atoms with van der Waals surface area (Å²) in [6.07, 6.45) is 4.37. The number of carbonyl (C=O) groups excluding carboxylic acids is 1. The number of thiophene rings is 1. The van der Waals surface area contributed by atoms with Crippen molar-refractivity contribution < 1.29 is 4.79 Å². The van der Waals surface area contributed by atoms with Crippen molar-refractivity contribution in [3.63, 3.8) is 0 Å². The van der Waals surface area contributed by atoms with Crippen LogP contribution in [-0.2, 0) is 6.42 Å². The number of amides is 1. The van der Waals surface area contributed by atoms with Crippen LogP contribution in [0.15, 0.2) is 60.2 Å². The third-order valence-corrected chi connectivity index (χ3v) is 6.18. The van der Waals surface area contributed by atoms with Gasteiger partial charge in [0, 0.05) is 29.3 Å². The zero-order valence-corrected chi connectivity index (χ0v) is 18.4. The van der Waals surface area contributed by atoms with E-state index in [4.69, 9.17) is 11.6 Å². The van der Waals surface area contributed by atoms with Gasteiger partial charge in [0.25, 0.3) is 5.91 Å². The molecule has 1 amide bonds. The zero-order chi connectivity index (χ0) is 21.1. The van der Waals surface area contributed by atoms with Gasteiger partial charge < -0.3 is 15.2 Å². The molecule has 0 aliphatic rings. The fourth-order valence-corrected chi connectivity index (χ4v) is 4.62. The molecule has 0 spiro atoms. The minimum Gasteiger partial charge on any atom is -0.346 e. The Morgan fingerprint density at radius 1 is 1.23 bits per heavy atom. The number of halogens is 1. The molecule has 0 aliphatic carbocycles. The Kier molecular flexibility index (Phi) is 6.18. The van der Waals surface area contributed by atoms with Crippen molar-refractivity contribution in [3.8, 4) is 0 Å². The Morgan fingerprint density at radius 3 is 2.90 bits per heavy atom. The van der Waals surface area contributed by atoms with E-state index in [9.17, 15) is 4.79 Å². The van der Waals surface area contributed by atoms with Crippen LogP contribution in [0.2, 0.25) is 5.02 Å². The number of nitrogens with zero attached hydrogens (tertiary/aromatic N) is 2. The van der Waals surface area contributed by atoms with Gasteiger partial charge in [0.2, 0.25) is 0 Å². The van der Waals surface area contributed by atoms with Gasteiger partial charge in [-0.2, -0.15) is 0 Å². The summed E-state index contributed by atoms with van der Waals surface area (Å²) < 4.78 is 0. The number of rotatable bonds is 7. The van der Waals surface area contributed by atoms with Crippen molar-refractivity contribution in [2.45, 2.75) is 12.5 Å². The largest absolute Gasteiger partial charge is 0.346 e. The molecule has 3 heterocycles. The maximum Gasteiger partial charge on any atom is 0.262 e. The zero-order valence-electron chi connectivity index (χ0n) is 16.9. The normalized spacial score (nSPS) is 12.4. The van der Waals surface area contributed by atoms with Crippen LogP contribution in [0.5, 0.6) is 0 Å². The molecule has 0 saturated heterocycles. The third-order valence-electron chi connectivity index (χ3n) is 4.99. The number of pyridine rings is 1. The second kappa shape index (κ2) is 9.00. The standard InChI is InChI=1S/C23H23ClN4OS/c1-28(2)14-20(16-4-3-5-18(24)13-16)27-23(29)21-17(8-11-30-21)12-15-6-9-25-22-19(15)7-10-26-22/h3-11,13,20H,12,14H2,1-2H3,(H,25,26)(H,27,29). The predicted octanol–water partition coefficient (Wildman–Crippen LogP) is 4.90. The summed E-state index contributed by atoms with van der Waals surface area (Å²) in [7, 11) is 3.98. The van der Waals surface area contributed by atoms with Gasteiger partial charge in [0.15, 0.2) is 0 Å². The maximum absolute atomic E-state index is 13.2. The van der Waals surface area contributed by atoms with E-state index in [1.165, 1.54) is 11.3 Å². The first-order chi connectivity index (χ1) is 14.5. The van der Waals surface area contributed by atoms with E-state index in [0.29, 0.717) is 18.0 Å². The number of aromatic nitrogens is 2. The number of hydrogen-bond acceptors (Lipinski definition) is 4. The van der Waals surface area contributed by atoms with E-state index in [-0.39, 0.29) is 11.9 Å². The molecule has 0 aliphatic heterocycles. The number of fused-ring (bicyclic) bond motifs is 1. The van der Waals surface area contributed by atoms with Gasteiger partial charge in [-0.1, -0.05) is 23.7 Å². The number of carbonyl (C=O) groups is 1. The molecule has 5 nitrogen and oxygen atoms in total. The number of likely N-dealkylation sites (N-methyl/N-ethyl adjacent to an activating group) is 1. The van der Waals surface area contributed by atoms with Crippen LogP contribution < -0.4 is 5.32 Å². The lowest BCUT2D eigenvalue weighted by Crippen LogP contribution is -2.35. The number of benzene rings is 1. The van der Waals surface area contributed by atoms with Crippen LogP contribution in [0.25, 0.3) is 11.0 Å². The molecule has 154 valence electrons. The lowest BCUT2D eigenvalue weighted by atomic mass is 10.0. The summed E-state index contributed by atoms with van der Waals surface area (Å²) in [5, 5.41) is 6.92. The first kappa shape index (κ1) is 20.6. The van der Waals surface area contributed by atoms with Crippen LogP contribution in [-0.4, -0.2) is 41.4 Å². The molecule has 4 aromatic rings. The average molecular weight is 439 g/mol. The molecule has 2 N–H and O–H groups in total. The lowest BCUT2D eigenvalue weighted by Gasteiger charge is -2.23. The molecule has 3 aromatic heterocycles. The summed E-state index contributed by atoms with van der Waals surface area (Å²) in [6.45, 7) is 0.682. The van der Waals surface area contributed by atoms with Gasteiger partial charge in [-0.15, -0.1) is 11.3 Å². The van der Waals surface area contributed by atoms with Gasteiger partial charge in [-0.25, -0.2) is 4.98 Å². The number of H-pyrrole nitrogens is 1. The predicted molar refractivity (Wildman–Crippen MR) is 123 cm³/mol. The molecule has 0 fully saturated rings. The minimum absolute atomic E-state index is 0.0637. The molecular weight excluding hydrogens is 416 g/mol. The van der Waals surface area contributed by atoms with Crippen molar-refractivity contribution in [1.82, 2.24) is 20.2 Å². The molecule has 30 heavy (non-hydrogen) atoms. The molecule has 4 rings (SSSR count). The summed E-state index contributed by atoms with van der Waals surface area (Å²) in [6, 6.07) is 13.6. The van der Waals surface area contributed by atoms with E-state index in [0.717, 1.165) is 32.6 Å². The summed E-state index contributed by atoms with van der Waals surface area (Å²) in [5.41, 5.74) is 4.01.